The second kappa shape index (κ2) is 6.42. The number of carbonyl (C=O) groups excluding carboxylic acids is 2. The van der Waals surface area contributed by atoms with Gasteiger partial charge in [-0.05, 0) is 32.6 Å². The van der Waals surface area contributed by atoms with Crippen LogP contribution in [0.15, 0.2) is 11.6 Å². The molecule has 1 fully saturated rings. The second-order valence-electron chi connectivity index (χ2n) is 4.41. The zero-order chi connectivity index (χ0) is 12.8. The number of carbonyl (C=O) groups is 2. The largest absolute Gasteiger partial charge is 0.467 e. The minimum Gasteiger partial charge on any atom is -0.467 e. The summed E-state index contributed by atoms with van der Waals surface area (Å²) in [6.45, 7) is 4.58. The molecule has 1 atom stereocenters. The van der Waals surface area contributed by atoms with E-state index in [4.69, 9.17) is 4.74 Å². The number of hydrogen-bond acceptors (Lipinski definition) is 3. The first-order chi connectivity index (χ1) is 8.10. The maximum Gasteiger partial charge on any atom is 0.328 e. The lowest BCUT2D eigenvalue weighted by atomic mass is 10.0. The van der Waals surface area contributed by atoms with Crippen molar-refractivity contribution in [3.63, 3.8) is 0 Å². The van der Waals surface area contributed by atoms with Crippen LogP contribution in [0.3, 0.4) is 0 Å². The van der Waals surface area contributed by atoms with Crippen molar-refractivity contribution in [2.24, 2.45) is 0 Å². The van der Waals surface area contributed by atoms with E-state index in [2.05, 4.69) is 0 Å². The maximum absolute atomic E-state index is 12.0. The summed E-state index contributed by atoms with van der Waals surface area (Å²) in [5, 5.41) is 0. The standard InChI is InChI=1S/C13H21NO3/c1-4-10(2)9-12(15)14-8-6-5-7-11(14)13(16)17-3/h9,11H,4-8H2,1-3H3/b10-9+. The number of allylic oxidation sites excluding steroid dienone is 1. The van der Waals surface area contributed by atoms with Gasteiger partial charge in [0.1, 0.15) is 6.04 Å². The molecule has 0 saturated carbocycles. The maximum atomic E-state index is 12.0. The molecule has 1 amide bonds. The minimum atomic E-state index is -0.401. The number of methoxy groups -OCH3 is 1. The number of piperidine rings is 1. The van der Waals surface area contributed by atoms with Crippen LogP contribution in [0.5, 0.6) is 0 Å². The molecule has 0 radical (unpaired) electrons. The first-order valence-corrected chi connectivity index (χ1v) is 6.15. The van der Waals surface area contributed by atoms with E-state index < -0.39 is 6.04 Å². The molecular weight excluding hydrogens is 218 g/mol. The predicted molar refractivity (Wildman–Crippen MR) is 65.4 cm³/mol. The van der Waals surface area contributed by atoms with Crippen LogP contribution in [-0.4, -0.2) is 36.5 Å². The van der Waals surface area contributed by atoms with E-state index in [0.29, 0.717) is 13.0 Å². The fourth-order valence-electron chi connectivity index (χ4n) is 1.97. The van der Waals surface area contributed by atoms with E-state index >= 15 is 0 Å². The van der Waals surface area contributed by atoms with Gasteiger partial charge >= 0.3 is 5.97 Å². The van der Waals surface area contributed by atoms with Gasteiger partial charge in [-0.1, -0.05) is 12.5 Å². The first-order valence-electron chi connectivity index (χ1n) is 6.15. The highest BCUT2D eigenvalue weighted by Gasteiger charge is 2.31. The number of ether oxygens (including phenoxy) is 1. The first kappa shape index (κ1) is 13.7. The van der Waals surface area contributed by atoms with Crippen molar-refractivity contribution in [3.8, 4) is 0 Å². The van der Waals surface area contributed by atoms with Gasteiger partial charge in [0, 0.05) is 12.6 Å². The Morgan fingerprint density at radius 3 is 2.71 bits per heavy atom. The molecule has 0 spiro atoms. The minimum absolute atomic E-state index is 0.0700. The van der Waals surface area contributed by atoms with E-state index in [1.54, 1.807) is 11.0 Å². The molecule has 1 saturated heterocycles. The van der Waals surface area contributed by atoms with Gasteiger partial charge in [0.2, 0.25) is 5.91 Å². The zero-order valence-corrected chi connectivity index (χ0v) is 10.9. The van der Waals surface area contributed by atoms with Gasteiger partial charge in [-0.2, -0.15) is 0 Å². The van der Waals surface area contributed by atoms with Gasteiger partial charge in [0.05, 0.1) is 7.11 Å². The lowest BCUT2D eigenvalue weighted by Gasteiger charge is -2.33. The molecule has 17 heavy (non-hydrogen) atoms. The summed E-state index contributed by atoms with van der Waals surface area (Å²) in [6.07, 6.45) is 5.11. The molecule has 0 aliphatic carbocycles. The molecule has 0 aromatic carbocycles. The highest BCUT2D eigenvalue weighted by Crippen LogP contribution is 2.19. The Morgan fingerprint density at radius 1 is 1.41 bits per heavy atom. The van der Waals surface area contributed by atoms with Gasteiger partial charge in [-0.15, -0.1) is 0 Å². The smallest absolute Gasteiger partial charge is 0.328 e. The summed E-state index contributed by atoms with van der Waals surface area (Å²) in [4.78, 5) is 25.3. The zero-order valence-electron chi connectivity index (χ0n) is 10.9. The summed E-state index contributed by atoms with van der Waals surface area (Å²) in [5.41, 5.74) is 1.03. The van der Waals surface area contributed by atoms with Gasteiger partial charge in [0.25, 0.3) is 0 Å². The SMILES string of the molecule is CC/C(C)=C/C(=O)N1CCCCC1C(=O)OC. The Hall–Kier alpha value is -1.32. The molecule has 4 heteroatoms. The molecule has 0 N–H and O–H groups in total. The molecule has 4 nitrogen and oxygen atoms in total. The Kier molecular flexibility index (Phi) is 5.19. The predicted octanol–water partition coefficient (Wildman–Crippen LogP) is 1.90. The van der Waals surface area contributed by atoms with Crippen LogP contribution in [0.1, 0.15) is 39.5 Å². The Labute approximate surface area is 103 Å². The molecule has 0 aromatic heterocycles. The van der Waals surface area contributed by atoms with E-state index in [1.165, 1.54) is 7.11 Å². The van der Waals surface area contributed by atoms with Crippen molar-refractivity contribution in [1.29, 1.82) is 0 Å². The van der Waals surface area contributed by atoms with Crippen molar-refractivity contribution in [3.05, 3.63) is 11.6 Å². The van der Waals surface area contributed by atoms with Crippen LogP contribution in [0.2, 0.25) is 0 Å². The average molecular weight is 239 g/mol. The van der Waals surface area contributed by atoms with Crippen LogP contribution in [0.4, 0.5) is 0 Å². The summed E-state index contributed by atoms with van der Waals surface area (Å²) in [6, 6.07) is -0.401. The second-order valence-corrected chi connectivity index (χ2v) is 4.41. The van der Waals surface area contributed by atoms with Gasteiger partial charge in [0.15, 0.2) is 0 Å². The van der Waals surface area contributed by atoms with Crippen LogP contribution in [0.25, 0.3) is 0 Å². The van der Waals surface area contributed by atoms with Gasteiger partial charge in [-0.25, -0.2) is 4.79 Å². The number of amides is 1. The van der Waals surface area contributed by atoms with Gasteiger partial charge in [-0.3, -0.25) is 4.79 Å². The lowest BCUT2D eigenvalue weighted by Crippen LogP contribution is -2.47. The van der Waals surface area contributed by atoms with E-state index in [9.17, 15) is 9.59 Å². The number of esters is 1. The fraction of sp³-hybridized carbons (Fsp3) is 0.692. The molecule has 1 heterocycles. The average Bonchev–Trinajstić information content (AvgIpc) is 2.37. The third-order valence-electron chi connectivity index (χ3n) is 3.19. The van der Waals surface area contributed by atoms with Crippen LogP contribution < -0.4 is 0 Å². The van der Waals surface area contributed by atoms with E-state index in [0.717, 1.165) is 24.8 Å². The van der Waals surface area contributed by atoms with Crippen LogP contribution >= 0.6 is 0 Å². The highest BCUT2D eigenvalue weighted by atomic mass is 16.5. The molecule has 96 valence electrons. The molecule has 1 unspecified atom stereocenters. The quantitative estimate of drug-likeness (QED) is 0.558. The summed E-state index contributed by atoms with van der Waals surface area (Å²) >= 11 is 0. The molecule has 1 aliphatic rings. The molecule has 0 bridgehead atoms. The van der Waals surface area contributed by atoms with Gasteiger partial charge < -0.3 is 9.64 Å². The molecule has 1 rings (SSSR count). The van der Waals surface area contributed by atoms with Crippen LogP contribution in [0, 0.1) is 0 Å². The molecule has 1 aliphatic heterocycles. The number of rotatable bonds is 3. The van der Waals surface area contributed by atoms with Crippen molar-refractivity contribution in [1.82, 2.24) is 4.90 Å². The fourth-order valence-corrected chi connectivity index (χ4v) is 1.97. The van der Waals surface area contributed by atoms with Crippen molar-refractivity contribution in [2.75, 3.05) is 13.7 Å². The lowest BCUT2D eigenvalue weighted by molar-refractivity contribution is -0.153. The highest BCUT2D eigenvalue weighted by molar-refractivity contribution is 5.92. The summed E-state index contributed by atoms with van der Waals surface area (Å²) in [7, 11) is 1.37. The monoisotopic (exact) mass is 239 g/mol. The van der Waals surface area contributed by atoms with Crippen LogP contribution in [-0.2, 0) is 14.3 Å². The summed E-state index contributed by atoms with van der Waals surface area (Å²) < 4.78 is 4.75. The molecule has 0 aromatic rings. The van der Waals surface area contributed by atoms with Crippen molar-refractivity contribution >= 4 is 11.9 Å². The van der Waals surface area contributed by atoms with Crippen molar-refractivity contribution in [2.45, 2.75) is 45.6 Å². The van der Waals surface area contributed by atoms with E-state index in [1.807, 2.05) is 13.8 Å². The number of likely N-dealkylation sites (tertiary alicyclic amines) is 1. The third kappa shape index (κ3) is 3.58. The Bertz CT molecular complexity index is 323. The van der Waals surface area contributed by atoms with Crippen molar-refractivity contribution < 1.29 is 14.3 Å². The Morgan fingerprint density at radius 2 is 2.12 bits per heavy atom. The number of hydrogen-bond donors (Lipinski definition) is 0. The molecular formula is C13H21NO3. The van der Waals surface area contributed by atoms with E-state index in [-0.39, 0.29) is 11.9 Å². The normalized spacial score (nSPS) is 21.2. The topological polar surface area (TPSA) is 46.6 Å². The third-order valence-corrected chi connectivity index (χ3v) is 3.19. The Balaban J connectivity index is 2.77. The number of nitrogens with zero attached hydrogens (tertiary/aromatic N) is 1. The summed E-state index contributed by atoms with van der Waals surface area (Å²) in [5.74, 6) is -0.375.